The number of aliphatic hydroxyl groups is 1. The minimum Gasteiger partial charge on any atom is -0.396 e. The summed E-state index contributed by atoms with van der Waals surface area (Å²) in [6, 6.07) is 13.8. The zero-order valence-corrected chi connectivity index (χ0v) is 14.1. The molecule has 2 aromatic carbocycles. The van der Waals surface area contributed by atoms with Crippen LogP contribution in [0, 0.1) is 6.92 Å². The van der Waals surface area contributed by atoms with Gasteiger partial charge in [0.15, 0.2) is 0 Å². The molecule has 0 aliphatic rings. The van der Waals surface area contributed by atoms with Crippen molar-refractivity contribution in [2.24, 2.45) is 0 Å². The molecule has 0 fully saturated rings. The van der Waals surface area contributed by atoms with Crippen LogP contribution in [0.25, 0.3) is 11.0 Å². The largest absolute Gasteiger partial charge is 0.396 e. The summed E-state index contributed by atoms with van der Waals surface area (Å²) in [5, 5.41) is 11.9. The van der Waals surface area contributed by atoms with Crippen LogP contribution in [-0.2, 0) is 10.0 Å². The third kappa shape index (κ3) is 3.00. The second-order valence-corrected chi connectivity index (χ2v) is 7.30. The van der Waals surface area contributed by atoms with Crippen molar-refractivity contribution in [3.8, 4) is 0 Å². The van der Waals surface area contributed by atoms with Gasteiger partial charge in [0.05, 0.1) is 15.9 Å². The van der Waals surface area contributed by atoms with E-state index in [1.807, 2.05) is 13.0 Å². The number of rotatable bonds is 6. The Bertz CT molecular complexity index is 947. The van der Waals surface area contributed by atoms with Gasteiger partial charge in [-0.1, -0.05) is 29.8 Å². The Morgan fingerprint density at radius 2 is 1.83 bits per heavy atom. The van der Waals surface area contributed by atoms with Crippen LogP contribution >= 0.6 is 0 Å². The van der Waals surface area contributed by atoms with E-state index in [0.29, 0.717) is 24.0 Å². The van der Waals surface area contributed by atoms with Gasteiger partial charge in [0.2, 0.25) is 5.95 Å². The number of hydrogen-bond donors (Lipinski definition) is 2. The summed E-state index contributed by atoms with van der Waals surface area (Å²) in [4.78, 5) is 4.59. The molecule has 2 N–H and O–H groups in total. The number of aryl methyl sites for hydroxylation is 1. The predicted molar refractivity (Wildman–Crippen MR) is 93.7 cm³/mol. The van der Waals surface area contributed by atoms with Gasteiger partial charge in [-0.15, -0.1) is 0 Å². The Morgan fingerprint density at radius 1 is 1.12 bits per heavy atom. The van der Waals surface area contributed by atoms with Gasteiger partial charge >= 0.3 is 0 Å². The van der Waals surface area contributed by atoms with E-state index in [-0.39, 0.29) is 17.5 Å². The minimum absolute atomic E-state index is 0.0257. The number of aromatic nitrogens is 2. The van der Waals surface area contributed by atoms with Crippen molar-refractivity contribution in [2.45, 2.75) is 18.2 Å². The lowest BCUT2D eigenvalue weighted by Crippen LogP contribution is -2.17. The van der Waals surface area contributed by atoms with Crippen LogP contribution in [0.4, 0.5) is 5.95 Å². The molecule has 0 aliphatic carbocycles. The molecule has 6 nitrogen and oxygen atoms in total. The fourth-order valence-corrected chi connectivity index (χ4v) is 3.89. The SMILES string of the molecule is Cc1ccc(S(=O)(=O)n2c(NCCCO)nc3ccccc32)cc1. The van der Waals surface area contributed by atoms with Crippen molar-refractivity contribution >= 4 is 27.0 Å². The first-order valence-corrected chi connectivity index (χ1v) is 9.12. The van der Waals surface area contributed by atoms with Crippen LogP contribution in [0.2, 0.25) is 0 Å². The lowest BCUT2D eigenvalue weighted by Gasteiger charge is -2.11. The lowest BCUT2D eigenvalue weighted by atomic mass is 10.2. The Morgan fingerprint density at radius 3 is 2.54 bits per heavy atom. The molecule has 126 valence electrons. The normalized spacial score (nSPS) is 11.8. The van der Waals surface area contributed by atoms with E-state index in [4.69, 9.17) is 5.11 Å². The smallest absolute Gasteiger partial charge is 0.271 e. The van der Waals surface area contributed by atoms with Crippen LogP contribution in [-0.4, -0.2) is 35.6 Å². The van der Waals surface area contributed by atoms with Gasteiger partial charge < -0.3 is 10.4 Å². The van der Waals surface area contributed by atoms with E-state index in [2.05, 4.69) is 10.3 Å². The van der Waals surface area contributed by atoms with E-state index >= 15 is 0 Å². The Hall–Kier alpha value is -2.38. The maximum absolute atomic E-state index is 13.1. The summed E-state index contributed by atoms with van der Waals surface area (Å²) in [5.74, 6) is 0.255. The number of fused-ring (bicyclic) bond motifs is 1. The molecule has 0 aliphatic heterocycles. The fourth-order valence-electron chi connectivity index (χ4n) is 2.45. The van der Waals surface area contributed by atoms with Crippen molar-refractivity contribution in [1.82, 2.24) is 8.96 Å². The zero-order valence-electron chi connectivity index (χ0n) is 13.3. The van der Waals surface area contributed by atoms with E-state index in [1.54, 1.807) is 42.5 Å². The van der Waals surface area contributed by atoms with Gasteiger partial charge in [0.25, 0.3) is 10.0 Å². The fraction of sp³-hybridized carbons (Fsp3) is 0.235. The van der Waals surface area contributed by atoms with Crippen LogP contribution in [0.1, 0.15) is 12.0 Å². The van der Waals surface area contributed by atoms with Crippen molar-refractivity contribution in [2.75, 3.05) is 18.5 Å². The molecule has 3 rings (SSSR count). The molecule has 0 amide bonds. The van der Waals surface area contributed by atoms with Crippen LogP contribution in [0.5, 0.6) is 0 Å². The number of nitrogens with zero attached hydrogens (tertiary/aromatic N) is 2. The molecule has 0 saturated heterocycles. The van der Waals surface area contributed by atoms with Gasteiger partial charge in [-0.2, -0.15) is 0 Å². The number of hydrogen-bond acceptors (Lipinski definition) is 5. The first-order chi connectivity index (χ1) is 11.5. The highest BCUT2D eigenvalue weighted by molar-refractivity contribution is 7.90. The molecule has 24 heavy (non-hydrogen) atoms. The van der Waals surface area contributed by atoms with Crippen molar-refractivity contribution in [3.63, 3.8) is 0 Å². The van der Waals surface area contributed by atoms with Gasteiger partial charge in [-0.3, -0.25) is 0 Å². The summed E-state index contributed by atoms with van der Waals surface area (Å²) < 4.78 is 27.4. The maximum Gasteiger partial charge on any atom is 0.271 e. The zero-order chi connectivity index (χ0) is 17.2. The van der Waals surface area contributed by atoms with Gasteiger partial charge in [0, 0.05) is 13.2 Å². The average molecular weight is 345 g/mol. The molecule has 0 bridgehead atoms. The first-order valence-electron chi connectivity index (χ1n) is 7.68. The Balaban J connectivity index is 2.15. The number of aliphatic hydroxyl groups excluding tert-OH is 1. The molecular weight excluding hydrogens is 326 g/mol. The highest BCUT2D eigenvalue weighted by atomic mass is 32.2. The third-order valence-corrected chi connectivity index (χ3v) is 5.41. The molecule has 0 atom stereocenters. The van der Waals surface area contributed by atoms with Crippen LogP contribution < -0.4 is 5.32 Å². The van der Waals surface area contributed by atoms with Crippen LogP contribution in [0.3, 0.4) is 0 Å². The highest BCUT2D eigenvalue weighted by Crippen LogP contribution is 2.26. The Kier molecular flexibility index (Phi) is 4.55. The molecule has 0 saturated carbocycles. The van der Waals surface area contributed by atoms with E-state index in [0.717, 1.165) is 5.56 Å². The topological polar surface area (TPSA) is 84.2 Å². The standard InChI is InChI=1S/C17H19N3O3S/c1-13-7-9-14(10-8-13)24(22,23)20-16-6-3-2-5-15(16)19-17(20)18-11-4-12-21/h2-3,5-10,21H,4,11-12H2,1H3,(H,18,19). The van der Waals surface area contributed by atoms with Gasteiger partial charge in [-0.05, 0) is 37.6 Å². The number of nitrogens with one attached hydrogen (secondary N) is 1. The quantitative estimate of drug-likeness (QED) is 0.670. The molecular formula is C17H19N3O3S. The summed E-state index contributed by atoms with van der Waals surface area (Å²) in [7, 11) is -3.78. The van der Waals surface area contributed by atoms with Gasteiger partial charge in [-0.25, -0.2) is 17.4 Å². The van der Waals surface area contributed by atoms with Gasteiger partial charge in [0.1, 0.15) is 0 Å². The van der Waals surface area contributed by atoms with Crippen molar-refractivity contribution in [1.29, 1.82) is 0 Å². The van der Waals surface area contributed by atoms with Crippen LogP contribution in [0.15, 0.2) is 53.4 Å². The Labute approximate surface area is 140 Å². The molecule has 0 spiro atoms. The van der Waals surface area contributed by atoms with E-state index in [1.165, 1.54) is 3.97 Å². The van der Waals surface area contributed by atoms with E-state index < -0.39 is 10.0 Å². The average Bonchev–Trinajstić information content (AvgIpc) is 2.94. The summed E-state index contributed by atoms with van der Waals surface area (Å²) >= 11 is 0. The van der Waals surface area contributed by atoms with Crippen molar-refractivity contribution in [3.05, 3.63) is 54.1 Å². The summed E-state index contributed by atoms with van der Waals surface area (Å²) in [5.41, 5.74) is 2.11. The number of anilines is 1. The van der Waals surface area contributed by atoms with Crippen molar-refractivity contribution < 1.29 is 13.5 Å². The highest BCUT2D eigenvalue weighted by Gasteiger charge is 2.24. The second-order valence-electron chi connectivity index (χ2n) is 5.51. The summed E-state index contributed by atoms with van der Waals surface area (Å²) in [6.07, 6.45) is 0.508. The molecule has 1 aromatic heterocycles. The summed E-state index contributed by atoms with van der Waals surface area (Å²) in [6.45, 7) is 2.37. The predicted octanol–water partition coefficient (Wildman–Crippen LogP) is 2.38. The molecule has 7 heteroatoms. The molecule has 3 aromatic rings. The number of benzene rings is 2. The number of para-hydroxylation sites is 2. The molecule has 0 radical (unpaired) electrons. The maximum atomic E-state index is 13.1. The number of imidazole rings is 1. The second kappa shape index (κ2) is 6.62. The molecule has 0 unspecified atom stereocenters. The first kappa shape index (κ1) is 16.5. The minimum atomic E-state index is -3.78. The molecule has 1 heterocycles. The van der Waals surface area contributed by atoms with E-state index in [9.17, 15) is 8.42 Å². The third-order valence-electron chi connectivity index (χ3n) is 3.70. The monoisotopic (exact) mass is 345 g/mol. The lowest BCUT2D eigenvalue weighted by molar-refractivity contribution is 0.292.